The van der Waals surface area contributed by atoms with Crippen molar-refractivity contribution in [3.8, 4) is 0 Å². The molecule has 0 aromatic carbocycles. The van der Waals surface area contributed by atoms with Gasteiger partial charge in [-0.15, -0.1) is 0 Å². The highest BCUT2D eigenvalue weighted by atomic mass is 16.1. The second kappa shape index (κ2) is 2.78. The second-order valence-electron chi connectivity index (χ2n) is 2.75. The summed E-state index contributed by atoms with van der Waals surface area (Å²) in [7, 11) is 3.80. The van der Waals surface area contributed by atoms with Crippen LogP contribution in [0.2, 0.25) is 0 Å². The third-order valence-electron chi connectivity index (χ3n) is 1.55. The van der Waals surface area contributed by atoms with Gasteiger partial charge in [-0.2, -0.15) is 0 Å². The smallest absolute Gasteiger partial charge is 0.249 e. The molecule has 60 valence electrons. The maximum Gasteiger partial charge on any atom is 0.249 e. The van der Waals surface area contributed by atoms with E-state index in [9.17, 15) is 4.79 Å². The van der Waals surface area contributed by atoms with Crippen molar-refractivity contribution in [3.63, 3.8) is 0 Å². The molecule has 0 aliphatic carbocycles. The SMILES string of the molecule is Cc1ccc(=O)[nH]c1N(C)C. The van der Waals surface area contributed by atoms with Crippen molar-refractivity contribution in [2.45, 2.75) is 6.92 Å². The fourth-order valence-electron chi connectivity index (χ4n) is 1.00. The van der Waals surface area contributed by atoms with E-state index in [0.29, 0.717) is 0 Å². The van der Waals surface area contributed by atoms with E-state index in [1.165, 1.54) is 6.07 Å². The van der Waals surface area contributed by atoms with Crippen LogP contribution >= 0.6 is 0 Å². The van der Waals surface area contributed by atoms with Gasteiger partial charge in [0, 0.05) is 20.2 Å². The van der Waals surface area contributed by atoms with E-state index < -0.39 is 0 Å². The molecule has 0 fully saturated rings. The Bertz CT molecular complexity index is 301. The number of rotatable bonds is 1. The lowest BCUT2D eigenvalue weighted by Crippen LogP contribution is -2.17. The van der Waals surface area contributed by atoms with Crippen molar-refractivity contribution >= 4 is 5.82 Å². The van der Waals surface area contributed by atoms with Crippen molar-refractivity contribution in [2.24, 2.45) is 0 Å². The molecule has 1 N–H and O–H groups in total. The van der Waals surface area contributed by atoms with Crippen LogP contribution in [-0.4, -0.2) is 19.1 Å². The first kappa shape index (κ1) is 7.85. The maximum atomic E-state index is 10.9. The number of aromatic nitrogens is 1. The van der Waals surface area contributed by atoms with Crippen LogP contribution in [0.5, 0.6) is 0 Å². The number of hydrogen-bond acceptors (Lipinski definition) is 2. The van der Waals surface area contributed by atoms with Crippen LogP contribution < -0.4 is 10.5 Å². The monoisotopic (exact) mass is 152 g/mol. The van der Waals surface area contributed by atoms with Crippen LogP contribution in [0.1, 0.15) is 5.56 Å². The Labute approximate surface area is 65.7 Å². The van der Waals surface area contributed by atoms with Gasteiger partial charge in [0.05, 0.1) is 0 Å². The van der Waals surface area contributed by atoms with Gasteiger partial charge in [0.25, 0.3) is 0 Å². The zero-order valence-electron chi connectivity index (χ0n) is 7.01. The largest absolute Gasteiger partial charge is 0.364 e. The van der Waals surface area contributed by atoms with Gasteiger partial charge in [0.15, 0.2) is 0 Å². The van der Waals surface area contributed by atoms with Gasteiger partial charge in [0.1, 0.15) is 5.82 Å². The number of nitrogens with one attached hydrogen (secondary N) is 1. The predicted octanol–water partition coefficient (Wildman–Crippen LogP) is 0.749. The van der Waals surface area contributed by atoms with E-state index in [1.54, 1.807) is 0 Å². The van der Waals surface area contributed by atoms with E-state index in [0.717, 1.165) is 11.4 Å². The maximum absolute atomic E-state index is 10.9. The number of pyridine rings is 1. The van der Waals surface area contributed by atoms with E-state index in [1.807, 2.05) is 32.0 Å². The minimum Gasteiger partial charge on any atom is -0.364 e. The summed E-state index contributed by atoms with van der Waals surface area (Å²) in [6.07, 6.45) is 0. The number of aryl methyl sites for hydroxylation is 1. The van der Waals surface area contributed by atoms with Crippen LogP contribution in [-0.2, 0) is 0 Å². The lowest BCUT2D eigenvalue weighted by atomic mass is 10.3. The summed E-state index contributed by atoms with van der Waals surface area (Å²) in [4.78, 5) is 15.5. The van der Waals surface area contributed by atoms with Gasteiger partial charge in [-0.25, -0.2) is 0 Å². The highest BCUT2D eigenvalue weighted by Gasteiger charge is 1.98. The molecule has 3 heteroatoms. The standard InChI is InChI=1S/C8H12N2O/c1-6-4-5-7(11)9-8(6)10(2)3/h4-5H,1-3H3,(H,9,11). The summed E-state index contributed by atoms with van der Waals surface area (Å²) in [5.41, 5.74) is 1.02. The molecule has 1 aromatic rings. The molecule has 3 nitrogen and oxygen atoms in total. The van der Waals surface area contributed by atoms with Gasteiger partial charge >= 0.3 is 0 Å². The fourth-order valence-corrected chi connectivity index (χ4v) is 1.00. The fraction of sp³-hybridized carbons (Fsp3) is 0.375. The molecule has 0 aliphatic heterocycles. The van der Waals surface area contributed by atoms with Gasteiger partial charge < -0.3 is 9.88 Å². The molecule has 1 aromatic heterocycles. The molecule has 0 amide bonds. The molecular formula is C8H12N2O. The molecule has 1 heterocycles. The molecule has 0 atom stereocenters. The average molecular weight is 152 g/mol. The van der Waals surface area contributed by atoms with E-state index in [2.05, 4.69) is 4.98 Å². The summed E-state index contributed by atoms with van der Waals surface area (Å²) in [6.45, 7) is 1.96. The zero-order valence-corrected chi connectivity index (χ0v) is 7.01. The van der Waals surface area contributed by atoms with Crippen molar-refractivity contribution < 1.29 is 0 Å². The minimum atomic E-state index is -0.0562. The number of anilines is 1. The predicted molar refractivity (Wildman–Crippen MR) is 46.1 cm³/mol. The molecule has 0 spiro atoms. The van der Waals surface area contributed by atoms with Crippen LogP contribution in [0.3, 0.4) is 0 Å². The number of nitrogens with zero attached hydrogens (tertiary/aromatic N) is 1. The van der Waals surface area contributed by atoms with Crippen molar-refractivity contribution in [3.05, 3.63) is 28.0 Å². The number of aromatic amines is 1. The summed E-state index contributed by atoms with van der Waals surface area (Å²) in [5.74, 6) is 0.873. The Morgan fingerprint density at radius 3 is 2.45 bits per heavy atom. The summed E-state index contributed by atoms with van der Waals surface area (Å²) < 4.78 is 0. The number of hydrogen-bond donors (Lipinski definition) is 1. The van der Waals surface area contributed by atoms with E-state index in [-0.39, 0.29) is 5.56 Å². The van der Waals surface area contributed by atoms with Crippen LogP contribution in [0.15, 0.2) is 16.9 Å². The van der Waals surface area contributed by atoms with Crippen molar-refractivity contribution in [2.75, 3.05) is 19.0 Å². The van der Waals surface area contributed by atoms with E-state index in [4.69, 9.17) is 0 Å². The molecular weight excluding hydrogens is 140 g/mol. The molecule has 11 heavy (non-hydrogen) atoms. The molecule has 0 saturated heterocycles. The highest BCUT2D eigenvalue weighted by molar-refractivity contribution is 5.43. The van der Waals surface area contributed by atoms with Gasteiger partial charge in [-0.05, 0) is 12.5 Å². The third-order valence-corrected chi connectivity index (χ3v) is 1.55. The van der Waals surface area contributed by atoms with Gasteiger partial charge in [-0.1, -0.05) is 6.07 Å². The molecule has 1 rings (SSSR count). The lowest BCUT2D eigenvalue weighted by Gasteiger charge is -2.13. The Hall–Kier alpha value is -1.25. The normalized spacial score (nSPS) is 9.73. The minimum absolute atomic E-state index is 0.0562. The average Bonchev–Trinajstić information content (AvgIpc) is 1.94. The Kier molecular flexibility index (Phi) is 1.98. The summed E-state index contributed by atoms with van der Waals surface area (Å²) in [6, 6.07) is 3.34. The number of H-pyrrole nitrogens is 1. The van der Waals surface area contributed by atoms with Crippen LogP contribution in [0.25, 0.3) is 0 Å². The first-order valence-electron chi connectivity index (χ1n) is 3.48. The summed E-state index contributed by atoms with van der Waals surface area (Å²) in [5, 5.41) is 0. The zero-order chi connectivity index (χ0) is 8.43. The first-order chi connectivity index (χ1) is 5.11. The van der Waals surface area contributed by atoms with Crippen molar-refractivity contribution in [1.82, 2.24) is 4.98 Å². The Balaban J connectivity index is 3.23. The van der Waals surface area contributed by atoms with E-state index >= 15 is 0 Å². The molecule has 0 aliphatic rings. The topological polar surface area (TPSA) is 36.1 Å². The molecule has 0 unspecified atom stereocenters. The highest BCUT2D eigenvalue weighted by Crippen LogP contribution is 2.09. The molecule has 0 radical (unpaired) electrons. The van der Waals surface area contributed by atoms with Crippen LogP contribution in [0.4, 0.5) is 5.82 Å². The van der Waals surface area contributed by atoms with Gasteiger partial charge in [0.2, 0.25) is 5.56 Å². The van der Waals surface area contributed by atoms with Gasteiger partial charge in [-0.3, -0.25) is 4.79 Å². The van der Waals surface area contributed by atoms with Crippen molar-refractivity contribution in [1.29, 1.82) is 0 Å². The Morgan fingerprint density at radius 2 is 2.00 bits per heavy atom. The quantitative estimate of drug-likeness (QED) is 0.644. The second-order valence-corrected chi connectivity index (χ2v) is 2.75. The lowest BCUT2D eigenvalue weighted by molar-refractivity contribution is 1.03. The first-order valence-corrected chi connectivity index (χ1v) is 3.48. The molecule has 0 bridgehead atoms. The third kappa shape index (κ3) is 1.61. The Morgan fingerprint density at radius 1 is 1.36 bits per heavy atom. The summed E-state index contributed by atoms with van der Waals surface area (Å²) >= 11 is 0. The molecule has 0 saturated carbocycles. The van der Waals surface area contributed by atoms with Crippen LogP contribution in [0, 0.1) is 6.92 Å².